The van der Waals surface area contributed by atoms with Crippen LogP contribution in [0.2, 0.25) is 0 Å². The van der Waals surface area contributed by atoms with Gasteiger partial charge in [-0.1, -0.05) is 12.1 Å². The Hall–Kier alpha value is -1.68. The van der Waals surface area contributed by atoms with Crippen molar-refractivity contribution in [3.63, 3.8) is 0 Å². The number of hydrogen-bond acceptors (Lipinski definition) is 4. The molecule has 0 heterocycles. The summed E-state index contributed by atoms with van der Waals surface area (Å²) in [5, 5.41) is 0. The van der Waals surface area contributed by atoms with Gasteiger partial charge in [0.25, 0.3) is 0 Å². The van der Waals surface area contributed by atoms with Gasteiger partial charge in [0, 0.05) is 12.0 Å². The highest BCUT2D eigenvalue weighted by molar-refractivity contribution is 6.00. The molecule has 4 heteroatoms. The SMILES string of the molecule is COC(=O)CCC(N)C(=O)c1ccc2c(c1)CCCC2. The van der Waals surface area contributed by atoms with Crippen LogP contribution in [0.1, 0.15) is 47.2 Å². The molecule has 4 nitrogen and oxygen atoms in total. The van der Waals surface area contributed by atoms with Gasteiger partial charge in [-0.15, -0.1) is 0 Å². The summed E-state index contributed by atoms with van der Waals surface area (Å²) in [6.45, 7) is 0. The molecule has 2 rings (SSSR count). The monoisotopic (exact) mass is 275 g/mol. The molecule has 20 heavy (non-hydrogen) atoms. The Morgan fingerprint density at radius 3 is 2.65 bits per heavy atom. The van der Waals surface area contributed by atoms with Crippen LogP contribution in [0.5, 0.6) is 0 Å². The van der Waals surface area contributed by atoms with Crippen molar-refractivity contribution in [1.29, 1.82) is 0 Å². The van der Waals surface area contributed by atoms with Gasteiger partial charge in [0.1, 0.15) is 0 Å². The smallest absolute Gasteiger partial charge is 0.305 e. The second kappa shape index (κ2) is 6.66. The Morgan fingerprint density at radius 1 is 1.25 bits per heavy atom. The molecule has 1 aromatic carbocycles. The third kappa shape index (κ3) is 3.45. The van der Waals surface area contributed by atoms with E-state index in [1.807, 2.05) is 18.2 Å². The minimum absolute atomic E-state index is 0.0951. The Kier molecular flexibility index (Phi) is 4.90. The van der Waals surface area contributed by atoms with Gasteiger partial charge >= 0.3 is 5.97 Å². The van der Waals surface area contributed by atoms with Crippen LogP contribution in [-0.2, 0) is 22.4 Å². The summed E-state index contributed by atoms with van der Waals surface area (Å²) in [5.74, 6) is -0.430. The molecule has 1 aliphatic carbocycles. The second-order valence-electron chi connectivity index (χ2n) is 5.28. The molecule has 2 N–H and O–H groups in total. The first-order chi connectivity index (χ1) is 9.61. The molecule has 0 spiro atoms. The van der Waals surface area contributed by atoms with Crippen molar-refractivity contribution in [2.75, 3.05) is 7.11 Å². The van der Waals surface area contributed by atoms with Crippen molar-refractivity contribution < 1.29 is 14.3 Å². The summed E-state index contributed by atoms with van der Waals surface area (Å²) in [6, 6.07) is 5.21. The second-order valence-corrected chi connectivity index (χ2v) is 5.28. The Bertz CT molecular complexity index is 510. The summed E-state index contributed by atoms with van der Waals surface area (Å²) < 4.78 is 4.55. The van der Waals surface area contributed by atoms with E-state index in [-0.39, 0.29) is 18.2 Å². The minimum Gasteiger partial charge on any atom is -0.469 e. The molecule has 1 aliphatic rings. The fourth-order valence-corrected chi connectivity index (χ4v) is 2.61. The van der Waals surface area contributed by atoms with Crippen LogP contribution in [0, 0.1) is 0 Å². The number of benzene rings is 1. The lowest BCUT2D eigenvalue weighted by Crippen LogP contribution is -2.31. The molecule has 0 aliphatic heterocycles. The highest BCUT2D eigenvalue weighted by atomic mass is 16.5. The van der Waals surface area contributed by atoms with E-state index in [9.17, 15) is 9.59 Å². The number of hydrogen-bond donors (Lipinski definition) is 1. The molecule has 0 saturated heterocycles. The number of ketones is 1. The number of nitrogens with two attached hydrogens (primary N) is 1. The van der Waals surface area contributed by atoms with Crippen molar-refractivity contribution in [2.45, 2.75) is 44.6 Å². The third-order valence-electron chi connectivity index (χ3n) is 3.86. The number of carbonyl (C=O) groups is 2. The predicted molar refractivity (Wildman–Crippen MR) is 76.6 cm³/mol. The molecule has 108 valence electrons. The molecule has 0 aromatic heterocycles. The summed E-state index contributed by atoms with van der Waals surface area (Å²) >= 11 is 0. The van der Waals surface area contributed by atoms with Crippen molar-refractivity contribution >= 4 is 11.8 Å². The van der Waals surface area contributed by atoms with E-state index in [0.717, 1.165) is 12.8 Å². The van der Waals surface area contributed by atoms with Crippen molar-refractivity contribution in [3.05, 3.63) is 34.9 Å². The van der Waals surface area contributed by atoms with E-state index < -0.39 is 6.04 Å². The van der Waals surface area contributed by atoms with Gasteiger partial charge in [0.2, 0.25) is 0 Å². The molecule has 0 bridgehead atoms. The van der Waals surface area contributed by atoms with E-state index in [4.69, 9.17) is 5.73 Å². The zero-order valence-corrected chi connectivity index (χ0v) is 11.9. The largest absolute Gasteiger partial charge is 0.469 e. The standard InChI is InChI=1S/C16H21NO3/c1-20-15(18)9-8-14(17)16(19)13-7-6-11-4-2-3-5-12(11)10-13/h6-7,10,14H,2-5,8-9,17H2,1H3. The quantitative estimate of drug-likeness (QED) is 0.659. The molecule has 0 radical (unpaired) electrons. The lowest BCUT2D eigenvalue weighted by atomic mass is 9.88. The van der Waals surface area contributed by atoms with Crippen molar-refractivity contribution in [2.24, 2.45) is 5.73 Å². The molecule has 1 aromatic rings. The Balaban J connectivity index is 2.03. The fourth-order valence-electron chi connectivity index (χ4n) is 2.61. The first-order valence-electron chi connectivity index (χ1n) is 7.10. The Morgan fingerprint density at radius 2 is 1.95 bits per heavy atom. The van der Waals surface area contributed by atoms with E-state index >= 15 is 0 Å². The predicted octanol–water partition coefficient (Wildman–Crippen LogP) is 2.03. The van der Waals surface area contributed by atoms with Gasteiger partial charge in [0.05, 0.1) is 13.2 Å². The summed E-state index contributed by atoms with van der Waals surface area (Å²) in [6.07, 6.45) is 5.03. The average molecular weight is 275 g/mol. The number of ether oxygens (including phenoxy) is 1. The van der Waals surface area contributed by atoms with Gasteiger partial charge in [-0.2, -0.15) is 0 Å². The van der Waals surface area contributed by atoms with Crippen LogP contribution in [-0.4, -0.2) is 24.9 Å². The number of esters is 1. The molecule has 0 fully saturated rings. The highest BCUT2D eigenvalue weighted by Gasteiger charge is 2.19. The van der Waals surface area contributed by atoms with E-state index in [1.54, 1.807) is 0 Å². The van der Waals surface area contributed by atoms with Gasteiger partial charge < -0.3 is 10.5 Å². The van der Waals surface area contributed by atoms with Crippen LogP contribution >= 0.6 is 0 Å². The van der Waals surface area contributed by atoms with Crippen molar-refractivity contribution in [1.82, 2.24) is 0 Å². The number of fused-ring (bicyclic) bond motifs is 1. The van der Waals surface area contributed by atoms with Crippen LogP contribution in [0.4, 0.5) is 0 Å². The summed E-state index contributed by atoms with van der Waals surface area (Å²) in [7, 11) is 1.33. The molecular weight excluding hydrogens is 254 g/mol. The van der Waals surface area contributed by atoms with Gasteiger partial charge in [-0.05, 0) is 49.3 Å². The molecule has 0 saturated carbocycles. The summed E-state index contributed by atoms with van der Waals surface area (Å²) in [5.41, 5.74) is 9.14. The van der Waals surface area contributed by atoms with Gasteiger partial charge in [-0.3, -0.25) is 9.59 Å². The maximum absolute atomic E-state index is 12.3. The number of Topliss-reactive ketones (excluding diaryl/α,β-unsaturated/α-hetero) is 1. The fraction of sp³-hybridized carbons (Fsp3) is 0.500. The highest BCUT2D eigenvalue weighted by Crippen LogP contribution is 2.23. The maximum atomic E-state index is 12.3. The summed E-state index contributed by atoms with van der Waals surface area (Å²) in [4.78, 5) is 23.3. The molecule has 0 amide bonds. The molecule has 1 unspecified atom stereocenters. The van der Waals surface area contributed by atoms with Crippen LogP contribution < -0.4 is 5.73 Å². The van der Waals surface area contributed by atoms with Crippen LogP contribution in [0.15, 0.2) is 18.2 Å². The van der Waals surface area contributed by atoms with Crippen LogP contribution in [0.3, 0.4) is 0 Å². The van der Waals surface area contributed by atoms with Gasteiger partial charge in [0.15, 0.2) is 5.78 Å². The zero-order chi connectivity index (χ0) is 14.5. The Labute approximate surface area is 119 Å². The average Bonchev–Trinajstić information content (AvgIpc) is 2.50. The van der Waals surface area contributed by atoms with Crippen LogP contribution in [0.25, 0.3) is 0 Å². The topological polar surface area (TPSA) is 69.4 Å². The molecule has 1 atom stereocenters. The number of aryl methyl sites for hydroxylation is 2. The first kappa shape index (κ1) is 14.7. The number of rotatable bonds is 5. The van der Waals surface area contributed by atoms with Crippen molar-refractivity contribution in [3.8, 4) is 0 Å². The van der Waals surface area contributed by atoms with Gasteiger partial charge in [-0.25, -0.2) is 0 Å². The lowest BCUT2D eigenvalue weighted by molar-refractivity contribution is -0.140. The first-order valence-corrected chi connectivity index (χ1v) is 7.10. The van der Waals surface area contributed by atoms with E-state index in [1.165, 1.54) is 31.1 Å². The maximum Gasteiger partial charge on any atom is 0.305 e. The van der Waals surface area contributed by atoms with E-state index in [2.05, 4.69) is 4.74 Å². The lowest BCUT2D eigenvalue weighted by Gasteiger charge is -2.17. The minimum atomic E-state index is -0.643. The number of methoxy groups -OCH3 is 1. The normalized spacial score (nSPS) is 15.3. The zero-order valence-electron chi connectivity index (χ0n) is 11.9. The third-order valence-corrected chi connectivity index (χ3v) is 3.86. The van der Waals surface area contributed by atoms with E-state index in [0.29, 0.717) is 12.0 Å². The number of carbonyl (C=O) groups excluding carboxylic acids is 2. The molecular formula is C16H21NO3.